The lowest BCUT2D eigenvalue weighted by Gasteiger charge is -2.27. The first kappa shape index (κ1) is 19.7. The number of hydrogen-bond donors (Lipinski definition) is 0. The quantitative estimate of drug-likeness (QED) is 0.432. The van der Waals surface area contributed by atoms with Crippen LogP contribution in [-0.2, 0) is 4.74 Å². The molecule has 152 valence electrons. The molecule has 0 bridgehead atoms. The van der Waals surface area contributed by atoms with Crippen LogP contribution in [0, 0.1) is 11.6 Å². The third-order valence-electron chi connectivity index (χ3n) is 4.39. The second-order valence-corrected chi connectivity index (χ2v) is 7.39. The first-order chi connectivity index (χ1) is 14.2. The van der Waals surface area contributed by atoms with Gasteiger partial charge in [-0.2, -0.15) is 0 Å². The molecule has 6 nitrogen and oxygen atoms in total. The molecule has 1 fully saturated rings. The Kier molecular flexibility index (Phi) is 6.26. The smallest absolute Gasteiger partial charge is 0.232 e. The first-order valence-electron chi connectivity index (χ1n) is 9.26. The molecule has 2 heterocycles. The van der Waals surface area contributed by atoms with Crippen molar-refractivity contribution in [3.8, 4) is 11.4 Å². The summed E-state index contributed by atoms with van der Waals surface area (Å²) >= 11 is 1.42. The number of benzene rings is 2. The summed E-state index contributed by atoms with van der Waals surface area (Å²) in [6, 6.07) is 12.6. The highest BCUT2D eigenvalue weighted by molar-refractivity contribution is 7.99. The van der Waals surface area contributed by atoms with Crippen LogP contribution in [0.3, 0.4) is 0 Å². The minimum atomic E-state index is -0.393. The third-order valence-corrected chi connectivity index (χ3v) is 5.28. The van der Waals surface area contributed by atoms with E-state index in [2.05, 4.69) is 15.1 Å². The Bertz CT molecular complexity index is 963. The van der Waals surface area contributed by atoms with Gasteiger partial charge in [0.25, 0.3) is 0 Å². The zero-order valence-corrected chi connectivity index (χ0v) is 16.4. The minimum absolute atomic E-state index is 0.216. The summed E-state index contributed by atoms with van der Waals surface area (Å²) in [5, 5.41) is 9.26. The molecule has 9 heteroatoms. The zero-order valence-electron chi connectivity index (χ0n) is 15.6. The Balaban J connectivity index is 1.51. The van der Waals surface area contributed by atoms with E-state index in [0.717, 1.165) is 0 Å². The number of ether oxygens (including phenoxy) is 2. The molecule has 0 radical (unpaired) electrons. The van der Waals surface area contributed by atoms with Crippen molar-refractivity contribution < 1.29 is 18.3 Å². The van der Waals surface area contributed by atoms with Gasteiger partial charge in [-0.1, -0.05) is 30.0 Å². The monoisotopic (exact) mass is 418 g/mol. The molecule has 4 rings (SSSR count). The van der Waals surface area contributed by atoms with E-state index in [1.807, 2.05) is 10.6 Å². The van der Waals surface area contributed by atoms with Gasteiger partial charge in [0.2, 0.25) is 5.95 Å². The molecule has 29 heavy (non-hydrogen) atoms. The lowest BCUT2D eigenvalue weighted by Crippen LogP contribution is -2.37. The zero-order chi connectivity index (χ0) is 20.1. The summed E-state index contributed by atoms with van der Waals surface area (Å²) in [7, 11) is 0. The van der Waals surface area contributed by atoms with Crippen molar-refractivity contribution in [1.29, 1.82) is 0 Å². The molecule has 1 saturated heterocycles. The Labute approximate surface area is 171 Å². The van der Waals surface area contributed by atoms with E-state index in [4.69, 9.17) is 9.47 Å². The molecule has 0 atom stereocenters. The minimum Gasteiger partial charge on any atom is -0.490 e. The number of nitrogens with zero attached hydrogens (tertiary/aromatic N) is 4. The van der Waals surface area contributed by atoms with Crippen molar-refractivity contribution in [3.63, 3.8) is 0 Å². The fraction of sp³-hybridized carbons (Fsp3) is 0.300. The second kappa shape index (κ2) is 9.23. The Morgan fingerprint density at radius 3 is 2.66 bits per heavy atom. The van der Waals surface area contributed by atoms with Crippen LogP contribution in [-0.4, -0.2) is 53.4 Å². The SMILES string of the molecule is Fc1cccc(-n2c(SCCOc3ccccc3F)nnc2N2CCOCC2)c1. The average Bonchev–Trinajstić information content (AvgIpc) is 3.17. The van der Waals surface area contributed by atoms with Gasteiger partial charge in [-0.3, -0.25) is 4.57 Å². The topological polar surface area (TPSA) is 52.4 Å². The van der Waals surface area contributed by atoms with Crippen molar-refractivity contribution in [3.05, 3.63) is 60.2 Å². The molecule has 2 aromatic carbocycles. The van der Waals surface area contributed by atoms with Gasteiger partial charge in [-0.15, -0.1) is 10.2 Å². The molecule has 0 aliphatic carbocycles. The lowest BCUT2D eigenvalue weighted by atomic mass is 10.3. The van der Waals surface area contributed by atoms with Crippen molar-refractivity contribution in [1.82, 2.24) is 14.8 Å². The van der Waals surface area contributed by atoms with Gasteiger partial charge < -0.3 is 14.4 Å². The number of halogens is 2. The first-order valence-corrected chi connectivity index (χ1v) is 10.2. The van der Waals surface area contributed by atoms with E-state index < -0.39 is 5.82 Å². The fourth-order valence-electron chi connectivity index (χ4n) is 3.01. The van der Waals surface area contributed by atoms with Gasteiger partial charge in [0.1, 0.15) is 5.82 Å². The summed E-state index contributed by atoms with van der Waals surface area (Å²) < 4.78 is 40.3. The largest absolute Gasteiger partial charge is 0.490 e. The third kappa shape index (κ3) is 4.68. The number of para-hydroxylation sites is 1. The van der Waals surface area contributed by atoms with Crippen molar-refractivity contribution in [2.45, 2.75) is 5.16 Å². The van der Waals surface area contributed by atoms with Crippen LogP contribution in [0.15, 0.2) is 53.7 Å². The van der Waals surface area contributed by atoms with E-state index in [1.165, 1.54) is 30.0 Å². The van der Waals surface area contributed by atoms with Crippen molar-refractivity contribution >= 4 is 17.7 Å². The van der Waals surface area contributed by atoms with E-state index in [9.17, 15) is 8.78 Å². The summed E-state index contributed by atoms with van der Waals surface area (Å²) in [5.74, 6) is 0.674. The maximum atomic E-state index is 13.8. The van der Waals surface area contributed by atoms with Crippen LogP contribution in [0.2, 0.25) is 0 Å². The molecule has 1 aromatic heterocycles. The molecular formula is C20H20F2N4O2S. The standard InChI is InChI=1S/C20H20F2N4O2S/c21-15-4-3-5-16(14-15)26-19(25-8-10-27-11-9-25)23-24-20(26)29-13-12-28-18-7-2-1-6-17(18)22/h1-7,14H,8-13H2. The maximum Gasteiger partial charge on any atom is 0.232 e. The molecular weight excluding hydrogens is 398 g/mol. The predicted molar refractivity (Wildman–Crippen MR) is 107 cm³/mol. The van der Waals surface area contributed by atoms with Gasteiger partial charge in [-0.25, -0.2) is 8.78 Å². The van der Waals surface area contributed by atoms with Gasteiger partial charge in [0.05, 0.1) is 25.5 Å². The number of thioether (sulfide) groups is 1. The molecule has 3 aromatic rings. The fourth-order valence-corrected chi connectivity index (χ4v) is 3.78. The van der Waals surface area contributed by atoms with Crippen LogP contribution < -0.4 is 9.64 Å². The maximum absolute atomic E-state index is 13.8. The Hall–Kier alpha value is -2.65. The van der Waals surface area contributed by atoms with Crippen LogP contribution in [0.4, 0.5) is 14.7 Å². The van der Waals surface area contributed by atoms with E-state index in [-0.39, 0.29) is 11.6 Å². The highest BCUT2D eigenvalue weighted by Crippen LogP contribution is 2.27. The molecule has 0 saturated carbocycles. The van der Waals surface area contributed by atoms with E-state index in [0.29, 0.717) is 55.5 Å². The van der Waals surface area contributed by atoms with Crippen LogP contribution >= 0.6 is 11.8 Å². The number of hydrogen-bond acceptors (Lipinski definition) is 6. The number of anilines is 1. The summed E-state index contributed by atoms with van der Waals surface area (Å²) in [5.41, 5.74) is 0.647. The summed E-state index contributed by atoms with van der Waals surface area (Å²) in [6.45, 7) is 2.89. The second-order valence-electron chi connectivity index (χ2n) is 6.32. The summed E-state index contributed by atoms with van der Waals surface area (Å²) in [6.07, 6.45) is 0. The van der Waals surface area contributed by atoms with Crippen LogP contribution in [0.1, 0.15) is 0 Å². The lowest BCUT2D eigenvalue weighted by molar-refractivity contribution is 0.122. The van der Waals surface area contributed by atoms with Crippen molar-refractivity contribution in [2.75, 3.05) is 43.6 Å². The van der Waals surface area contributed by atoms with Gasteiger partial charge >= 0.3 is 0 Å². The van der Waals surface area contributed by atoms with Crippen molar-refractivity contribution in [2.24, 2.45) is 0 Å². The normalized spacial score (nSPS) is 14.2. The average molecular weight is 418 g/mol. The molecule has 0 amide bonds. The van der Waals surface area contributed by atoms with Gasteiger partial charge in [0.15, 0.2) is 16.7 Å². The number of morpholine rings is 1. The molecule has 1 aliphatic rings. The van der Waals surface area contributed by atoms with Gasteiger partial charge in [-0.05, 0) is 30.3 Å². The molecule has 0 N–H and O–H groups in total. The molecule has 0 unspecified atom stereocenters. The number of rotatable bonds is 7. The highest BCUT2D eigenvalue weighted by atomic mass is 32.2. The Morgan fingerprint density at radius 1 is 1.03 bits per heavy atom. The molecule has 1 aliphatic heterocycles. The van der Waals surface area contributed by atoms with E-state index in [1.54, 1.807) is 24.3 Å². The Morgan fingerprint density at radius 2 is 1.86 bits per heavy atom. The van der Waals surface area contributed by atoms with E-state index >= 15 is 0 Å². The summed E-state index contributed by atoms with van der Waals surface area (Å²) in [4.78, 5) is 2.07. The van der Waals surface area contributed by atoms with Crippen LogP contribution in [0.25, 0.3) is 5.69 Å². The predicted octanol–water partition coefficient (Wildman–Crippen LogP) is 3.55. The number of aromatic nitrogens is 3. The van der Waals surface area contributed by atoms with Gasteiger partial charge in [0, 0.05) is 18.8 Å². The highest BCUT2D eigenvalue weighted by Gasteiger charge is 2.22. The van der Waals surface area contributed by atoms with Crippen LogP contribution in [0.5, 0.6) is 5.75 Å². The molecule has 0 spiro atoms.